The molecule has 8 heteroatoms. The minimum absolute atomic E-state index is 0.129. The average molecular weight is 733 g/mol. The number of nitrogens with zero attached hydrogens (tertiary/aromatic N) is 2. The third-order valence-electron chi connectivity index (χ3n) is 9.17. The Kier molecular flexibility index (Phi) is 13.2. The lowest BCUT2D eigenvalue weighted by atomic mass is 9.94. The van der Waals surface area contributed by atoms with Gasteiger partial charge in [-0.15, -0.1) is 0 Å². The van der Waals surface area contributed by atoms with Crippen LogP contribution in [0.5, 0.6) is 0 Å². The highest BCUT2D eigenvalue weighted by atomic mass is 32.2. The van der Waals surface area contributed by atoms with E-state index in [-0.39, 0.29) is 36.0 Å². The quantitative estimate of drug-likeness (QED) is 0.121. The fraction of sp³-hybridized carbons (Fsp3) is 0.227. The van der Waals surface area contributed by atoms with Crippen molar-refractivity contribution in [2.24, 2.45) is 0 Å². The number of hydrogen-bond donors (Lipinski definition) is 0. The van der Waals surface area contributed by atoms with Crippen LogP contribution in [0.1, 0.15) is 48.9 Å². The van der Waals surface area contributed by atoms with Crippen molar-refractivity contribution in [2.45, 2.75) is 50.3 Å². The lowest BCUT2D eigenvalue weighted by Gasteiger charge is -2.26. The molecule has 270 valence electrons. The Hall–Kier alpha value is -4.60. The molecule has 0 atom stereocenters. The predicted octanol–water partition coefficient (Wildman–Crippen LogP) is 9.39. The first-order valence-corrected chi connectivity index (χ1v) is 20.4. The summed E-state index contributed by atoms with van der Waals surface area (Å²) in [6.07, 6.45) is 12.9. The van der Waals surface area contributed by atoms with E-state index in [2.05, 4.69) is 19.9 Å². The zero-order valence-corrected chi connectivity index (χ0v) is 32.1. The normalized spacial score (nSPS) is 18.0. The van der Waals surface area contributed by atoms with Gasteiger partial charge in [0.05, 0.1) is 9.79 Å². The monoisotopic (exact) mass is 732 g/mol. The summed E-state index contributed by atoms with van der Waals surface area (Å²) in [4.78, 5) is 0.465. The van der Waals surface area contributed by atoms with E-state index < -0.39 is 20.0 Å². The molecule has 0 saturated carbocycles. The van der Waals surface area contributed by atoms with E-state index >= 15 is 0 Å². The van der Waals surface area contributed by atoms with E-state index in [0.717, 1.165) is 33.4 Å². The second kappa shape index (κ2) is 17.8. The van der Waals surface area contributed by atoms with Gasteiger partial charge in [-0.3, -0.25) is 0 Å². The van der Waals surface area contributed by atoms with Gasteiger partial charge in [-0.1, -0.05) is 149 Å². The van der Waals surface area contributed by atoms with Crippen molar-refractivity contribution >= 4 is 32.2 Å². The Labute approximate surface area is 310 Å². The van der Waals surface area contributed by atoms with Gasteiger partial charge >= 0.3 is 0 Å². The molecule has 5 rings (SSSR count). The van der Waals surface area contributed by atoms with E-state index in [4.69, 9.17) is 0 Å². The zero-order chi connectivity index (χ0) is 37.1. The molecular weight excluding hydrogens is 685 g/mol. The molecule has 0 spiro atoms. The van der Waals surface area contributed by atoms with Crippen LogP contribution in [0.25, 0.3) is 12.2 Å². The predicted molar refractivity (Wildman–Crippen MR) is 215 cm³/mol. The lowest BCUT2D eigenvalue weighted by Crippen LogP contribution is -2.34. The van der Waals surface area contributed by atoms with Crippen LogP contribution < -0.4 is 0 Å². The van der Waals surface area contributed by atoms with Gasteiger partial charge in [0.15, 0.2) is 0 Å². The molecule has 0 bridgehead atoms. The second-order valence-electron chi connectivity index (χ2n) is 13.4. The third kappa shape index (κ3) is 10.5. The summed E-state index contributed by atoms with van der Waals surface area (Å²) in [6.45, 7) is 8.64. The SMILES string of the molecule is C/C1=C(\C)C/C(CN(C/C=C/c2ccccc2)S(=O)(=O)c2ccc(C)cc2)=C\C(CN(C/C=C/c2ccccc2)S(=O)(=O)c2ccc(C)cc2)=C/C1. The highest BCUT2D eigenvalue weighted by Gasteiger charge is 2.27. The maximum Gasteiger partial charge on any atom is 0.243 e. The molecule has 1 aliphatic carbocycles. The number of hydrogen-bond acceptors (Lipinski definition) is 4. The number of benzene rings is 4. The molecule has 0 aromatic heterocycles. The summed E-state index contributed by atoms with van der Waals surface area (Å²) in [6, 6.07) is 33.5. The van der Waals surface area contributed by atoms with Gasteiger partial charge in [-0.2, -0.15) is 8.61 Å². The van der Waals surface area contributed by atoms with E-state index in [0.29, 0.717) is 12.8 Å². The minimum atomic E-state index is -3.88. The maximum absolute atomic E-state index is 14.2. The number of sulfonamides is 2. The first kappa shape index (κ1) is 38.6. The van der Waals surface area contributed by atoms with Crippen LogP contribution in [0.3, 0.4) is 0 Å². The van der Waals surface area contributed by atoms with Crippen molar-refractivity contribution in [3.05, 3.63) is 178 Å². The highest BCUT2D eigenvalue weighted by molar-refractivity contribution is 7.89. The van der Waals surface area contributed by atoms with Gasteiger partial charge in [0.2, 0.25) is 20.0 Å². The van der Waals surface area contributed by atoms with Crippen LogP contribution in [-0.2, 0) is 20.0 Å². The molecule has 0 unspecified atom stereocenters. The van der Waals surface area contributed by atoms with Gasteiger partial charge in [0.25, 0.3) is 0 Å². The number of rotatable bonds is 14. The molecule has 0 heterocycles. The Morgan fingerprint density at radius 3 is 1.46 bits per heavy atom. The molecular formula is C44H48N2O4S2. The van der Waals surface area contributed by atoms with Gasteiger partial charge in [0, 0.05) is 26.2 Å². The number of aryl methyl sites for hydroxylation is 2. The molecule has 4 aromatic rings. The third-order valence-corrected chi connectivity index (χ3v) is 12.8. The zero-order valence-electron chi connectivity index (χ0n) is 30.4. The summed E-state index contributed by atoms with van der Waals surface area (Å²) in [5, 5.41) is 0. The van der Waals surface area contributed by atoms with Crippen LogP contribution in [0, 0.1) is 13.8 Å². The number of allylic oxidation sites excluding steroid dienone is 3. The fourth-order valence-electron chi connectivity index (χ4n) is 5.92. The molecule has 0 amide bonds. The molecule has 0 N–H and O–H groups in total. The van der Waals surface area contributed by atoms with Crippen molar-refractivity contribution in [1.29, 1.82) is 0 Å². The van der Waals surface area contributed by atoms with Crippen molar-refractivity contribution < 1.29 is 16.8 Å². The van der Waals surface area contributed by atoms with Crippen molar-refractivity contribution in [2.75, 3.05) is 26.2 Å². The minimum Gasteiger partial charge on any atom is -0.207 e. The Morgan fingerprint density at radius 1 is 0.558 bits per heavy atom. The smallest absolute Gasteiger partial charge is 0.207 e. The van der Waals surface area contributed by atoms with Crippen LogP contribution in [0.4, 0.5) is 0 Å². The average Bonchev–Trinajstić information content (AvgIpc) is 3.13. The van der Waals surface area contributed by atoms with Gasteiger partial charge in [0.1, 0.15) is 0 Å². The fourth-order valence-corrected chi connectivity index (χ4v) is 8.69. The van der Waals surface area contributed by atoms with Crippen molar-refractivity contribution in [1.82, 2.24) is 8.61 Å². The first-order chi connectivity index (χ1) is 24.9. The summed E-state index contributed by atoms with van der Waals surface area (Å²) in [5.41, 5.74) is 7.97. The molecule has 0 fully saturated rings. The summed E-state index contributed by atoms with van der Waals surface area (Å²) < 4.78 is 59.8. The van der Waals surface area contributed by atoms with E-state index in [1.54, 1.807) is 24.3 Å². The Morgan fingerprint density at radius 2 is 1.00 bits per heavy atom. The van der Waals surface area contributed by atoms with Crippen molar-refractivity contribution in [3.63, 3.8) is 0 Å². The summed E-state index contributed by atoms with van der Waals surface area (Å²) in [7, 11) is -7.75. The summed E-state index contributed by atoms with van der Waals surface area (Å²) in [5.74, 6) is 0. The molecule has 0 aliphatic heterocycles. The molecule has 6 nitrogen and oxygen atoms in total. The standard InChI is InChI=1S/C44H48N2O4S2/c1-35-19-25-43(26-20-35)51(47,48)45(29-11-17-39-13-7-5-8-14-39)33-41-24-23-37(3)38(4)31-42(32-41)34-46(30-12-18-40-15-9-6-10-16-40)52(49,50)44-27-21-36(2)22-28-44/h5-22,24-28,32H,23,29-31,33-34H2,1-4H3/b17-11+,18-12+,38-37-,41-24+,42-32+. The lowest BCUT2D eigenvalue weighted by molar-refractivity contribution is 0.462. The van der Waals surface area contributed by atoms with E-state index in [9.17, 15) is 16.8 Å². The maximum atomic E-state index is 14.2. The largest absolute Gasteiger partial charge is 0.243 e. The van der Waals surface area contributed by atoms with E-state index in [1.165, 1.54) is 19.8 Å². The van der Waals surface area contributed by atoms with Crippen LogP contribution in [-0.4, -0.2) is 51.6 Å². The van der Waals surface area contributed by atoms with E-state index in [1.807, 2.05) is 129 Å². The van der Waals surface area contributed by atoms with Gasteiger partial charge < -0.3 is 0 Å². The highest BCUT2D eigenvalue weighted by Crippen LogP contribution is 2.27. The Balaban J connectivity index is 1.51. The van der Waals surface area contributed by atoms with Crippen LogP contribution >= 0.6 is 0 Å². The van der Waals surface area contributed by atoms with Crippen LogP contribution in [0.15, 0.2) is 166 Å². The molecule has 1 aliphatic rings. The second-order valence-corrected chi connectivity index (χ2v) is 17.2. The van der Waals surface area contributed by atoms with Gasteiger partial charge in [-0.05, 0) is 81.5 Å². The Bertz CT molecular complexity index is 2180. The first-order valence-electron chi connectivity index (χ1n) is 17.5. The molecule has 0 radical (unpaired) electrons. The molecule has 52 heavy (non-hydrogen) atoms. The van der Waals surface area contributed by atoms with Crippen molar-refractivity contribution in [3.8, 4) is 0 Å². The molecule has 0 saturated heterocycles. The molecule has 4 aromatic carbocycles. The summed E-state index contributed by atoms with van der Waals surface area (Å²) >= 11 is 0. The van der Waals surface area contributed by atoms with Gasteiger partial charge in [-0.25, -0.2) is 16.8 Å². The van der Waals surface area contributed by atoms with Crippen LogP contribution in [0.2, 0.25) is 0 Å². The topological polar surface area (TPSA) is 74.8 Å².